The fourth-order valence-corrected chi connectivity index (χ4v) is 0.263. The van der Waals surface area contributed by atoms with E-state index in [9.17, 15) is 9.59 Å². The maximum atomic E-state index is 10.4. The van der Waals surface area contributed by atoms with Crippen molar-refractivity contribution in [1.82, 2.24) is 0 Å². The molecule has 0 heterocycles. The van der Waals surface area contributed by atoms with E-state index in [0.29, 0.717) is 6.42 Å². The lowest BCUT2D eigenvalue weighted by molar-refractivity contribution is -0.515. The highest BCUT2D eigenvalue weighted by Gasteiger charge is 2.20. The zero-order valence-corrected chi connectivity index (χ0v) is 8.38. The molecule has 5 nitrogen and oxygen atoms in total. The standard InChI is InChI=1S/C7H11ClO5/c1-4-7(2,3)12-13-11-6(10)5(8)9/h4H2,1-3H3. The van der Waals surface area contributed by atoms with Gasteiger partial charge in [0.05, 0.1) is 0 Å². The summed E-state index contributed by atoms with van der Waals surface area (Å²) in [6, 6.07) is 0. The van der Waals surface area contributed by atoms with Gasteiger partial charge in [0.25, 0.3) is 0 Å². The second-order valence-corrected chi connectivity index (χ2v) is 3.25. The summed E-state index contributed by atoms with van der Waals surface area (Å²) in [6.45, 7) is 5.31. The molecule has 0 unspecified atom stereocenters. The summed E-state index contributed by atoms with van der Waals surface area (Å²) >= 11 is 4.76. The van der Waals surface area contributed by atoms with Crippen molar-refractivity contribution < 1.29 is 24.4 Å². The highest BCUT2D eigenvalue weighted by atomic mass is 35.5. The molecule has 0 spiro atoms. The first-order valence-corrected chi connectivity index (χ1v) is 4.03. The Morgan fingerprint density at radius 2 is 1.92 bits per heavy atom. The van der Waals surface area contributed by atoms with Crippen LogP contribution in [0.1, 0.15) is 27.2 Å². The summed E-state index contributed by atoms with van der Waals surface area (Å²) < 4.78 is 0. The third kappa shape index (κ3) is 5.57. The van der Waals surface area contributed by atoms with Gasteiger partial charge in [0.2, 0.25) is 0 Å². The van der Waals surface area contributed by atoms with Crippen LogP contribution in [0, 0.1) is 0 Å². The molecule has 0 atom stereocenters. The van der Waals surface area contributed by atoms with Gasteiger partial charge in [0.15, 0.2) is 0 Å². The Morgan fingerprint density at radius 3 is 2.31 bits per heavy atom. The molecule has 0 rings (SSSR count). The Bertz CT molecular complexity index is 201. The maximum Gasteiger partial charge on any atom is 0.427 e. The predicted octanol–water partition coefficient (Wildman–Crippen LogP) is 1.35. The van der Waals surface area contributed by atoms with E-state index >= 15 is 0 Å². The highest BCUT2D eigenvalue weighted by Crippen LogP contribution is 2.13. The lowest BCUT2D eigenvalue weighted by Gasteiger charge is -2.18. The van der Waals surface area contributed by atoms with Crippen LogP contribution >= 0.6 is 11.6 Å². The van der Waals surface area contributed by atoms with E-state index in [0.717, 1.165) is 0 Å². The molecule has 0 aliphatic carbocycles. The molecule has 0 aromatic rings. The third-order valence-electron chi connectivity index (χ3n) is 1.38. The zero-order valence-electron chi connectivity index (χ0n) is 7.63. The smallest absolute Gasteiger partial charge is 0.268 e. The first kappa shape index (κ1) is 12.3. The highest BCUT2D eigenvalue weighted by molar-refractivity contribution is 6.80. The van der Waals surface area contributed by atoms with Crippen molar-refractivity contribution in [3.8, 4) is 0 Å². The van der Waals surface area contributed by atoms with Crippen LogP contribution in [0.25, 0.3) is 0 Å². The van der Waals surface area contributed by atoms with Crippen molar-refractivity contribution >= 4 is 22.8 Å². The van der Waals surface area contributed by atoms with E-state index in [-0.39, 0.29) is 0 Å². The van der Waals surface area contributed by atoms with Gasteiger partial charge in [-0.15, -0.1) is 0 Å². The average molecular weight is 211 g/mol. The van der Waals surface area contributed by atoms with Crippen LogP contribution < -0.4 is 0 Å². The summed E-state index contributed by atoms with van der Waals surface area (Å²) in [5.74, 6) is -1.31. The van der Waals surface area contributed by atoms with E-state index < -0.39 is 16.8 Å². The van der Waals surface area contributed by atoms with Crippen LogP contribution in [0.3, 0.4) is 0 Å². The second-order valence-electron chi connectivity index (χ2n) is 2.91. The Hall–Kier alpha value is -0.650. The third-order valence-corrected chi connectivity index (χ3v) is 1.54. The summed E-state index contributed by atoms with van der Waals surface area (Å²) in [5.41, 5.74) is -0.588. The summed E-state index contributed by atoms with van der Waals surface area (Å²) in [6.07, 6.45) is 0.652. The molecule has 0 fully saturated rings. The molecule has 0 bridgehead atoms. The number of carbonyl (C=O) groups excluding carboxylic acids is 2. The molecule has 0 N–H and O–H groups in total. The van der Waals surface area contributed by atoms with Gasteiger partial charge in [-0.05, 0) is 36.9 Å². The molecule has 13 heavy (non-hydrogen) atoms. The number of hydrogen-bond acceptors (Lipinski definition) is 5. The average Bonchev–Trinajstić information content (AvgIpc) is 2.04. The van der Waals surface area contributed by atoms with Crippen LogP contribution in [-0.2, 0) is 24.4 Å². The van der Waals surface area contributed by atoms with Crippen molar-refractivity contribution in [2.24, 2.45) is 0 Å². The molecule has 0 aliphatic rings. The predicted molar refractivity (Wildman–Crippen MR) is 43.5 cm³/mol. The molecule has 6 heteroatoms. The normalized spacial score (nSPS) is 11.1. The van der Waals surface area contributed by atoms with Crippen molar-refractivity contribution in [3.05, 3.63) is 0 Å². The first-order valence-electron chi connectivity index (χ1n) is 3.65. The molecular weight excluding hydrogens is 200 g/mol. The number of hydrogen-bond donors (Lipinski definition) is 0. The molecule has 0 saturated carbocycles. The molecule has 0 radical (unpaired) electrons. The second kappa shape index (κ2) is 5.16. The molecule has 0 aromatic heterocycles. The van der Waals surface area contributed by atoms with Crippen LogP contribution in [-0.4, -0.2) is 16.8 Å². The molecule has 76 valence electrons. The van der Waals surface area contributed by atoms with Gasteiger partial charge < -0.3 is 0 Å². The van der Waals surface area contributed by atoms with Gasteiger partial charge >= 0.3 is 11.2 Å². The minimum atomic E-state index is -1.31. The minimum absolute atomic E-state index is 0.588. The van der Waals surface area contributed by atoms with E-state index in [1.54, 1.807) is 13.8 Å². The molecule has 0 saturated heterocycles. The van der Waals surface area contributed by atoms with Gasteiger partial charge in [-0.1, -0.05) is 6.92 Å². The van der Waals surface area contributed by atoms with Gasteiger partial charge in [0, 0.05) is 0 Å². The number of rotatable bonds is 5. The van der Waals surface area contributed by atoms with Crippen molar-refractivity contribution in [2.75, 3.05) is 0 Å². The molecule has 0 amide bonds. The van der Waals surface area contributed by atoms with E-state index in [1.165, 1.54) is 0 Å². The lowest BCUT2D eigenvalue weighted by atomic mass is 10.1. The topological polar surface area (TPSA) is 61.8 Å². The fourth-order valence-electron chi connectivity index (χ4n) is 0.232. The van der Waals surface area contributed by atoms with Crippen molar-refractivity contribution in [1.29, 1.82) is 0 Å². The quantitative estimate of drug-likeness (QED) is 0.297. The van der Waals surface area contributed by atoms with Crippen LogP contribution in [0.4, 0.5) is 0 Å². The Morgan fingerprint density at radius 1 is 1.38 bits per heavy atom. The number of carbonyl (C=O) groups is 2. The minimum Gasteiger partial charge on any atom is -0.268 e. The molecule has 0 aromatic carbocycles. The van der Waals surface area contributed by atoms with Gasteiger partial charge in [-0.25, -0.2) is 4.79 Å². The fraction of sp³-hybridized carbons (Fsp3) is 0.714. The van der Waals surface area contributed by atoms with E-state index in [4.69, 9.17) is 11.6 Å². The number of halogens is 1. The molecular formula is C7H11ClO5. The SMILES string of the molecule is CCC(C)(C)OOOC(=O)C(=O)Cl. The van der Waals surface area contributed by atoms with Crippen molar-refractivity contribution in [3.63, 3.8) is 0 Å². The lowest BCUT2D eigenvalue weighted by Crippen LogP contribution is -2.25. The van der Waals surface area contributed by atoms with Crippen LogP contribution in [0.5, 0.6) is 0 Å². The molecule has 0 aliphatic heterocycles. The van der Waals surface area contributed by atoms with E-state index in [1.807, 2.05) is 6.92 Å². The summed E-state index contributed by atoms with van der Waals surface area (Å²) in [4.78, 5) is 29.1. The Balaban J connectivity index is 3.68. The summed E-state index contributed by atoms with van der Waals surface area (Å²) in [5, 5.41) is 2.79. The Labute approximate surface area is 80.8 Å². The van der Waals surface area contributed by atoms with Crippen molar-refractivity contribution in [2.45, 2.75) is 32.8 Å². The van der Waals surface area contributed by atoms with Crippen LogP contribution in [0.15, 0.2) is 0 Å². The van der Waals surface area contributed by atoms with Gasteiger partial charge in [-0.2, -0.15) is 4.89 Å². The zero-order chi connectivity index (χ0) is 10.5. The monoisotopic (exact) mass is 210 g/mol. The van der Waals surface area contributed by atoms with E-state index in [2.05, 4.69) is 14.8 Å². The largest absolute Gasteiger partial charge is 0.427 e. The summed E-state index contributed by atoms with van der Waals surface area (Å²) in [7, 11) is 0. The van der Waals surface area contributed by atoms with Gasteiger partial charge in [0.1, 0.15) is 5.60 Å². The maximum absolute atomic E-state index is 10.4. The van der Waals surface area contributed by atoms with Gasteiger partial charge in [-0.3, -0.25) is 9.68 Å². The first-order chi connectivity index (χ1) is 5.89. The van der Waals surface area contributed by atoms with Crippen LogP contribution in [0.2, 0.25) is 0 Å². The Kier molecular flexibility index (Phi) is 4.90.